The normalized spacial score (nSPS) is 15.3. The molecule has 2 rings (SSSR count). The number of primary amides is 1. The lowest BCUT2D eigenvalue weighted by molar-refractivity contribution is -0.119. The molecule has 0 heterocycles. The van der Waals surface area contributed by atoms with Crippen molar-refractivity contribution in [3.8, 4) is 0 Å². The van der Waals surface area contributed by atoms with Gasteiger partial charge in [0, 0.05) is 6.04 Å². The first kappa shape index (κ1) is 13.5. The molecule has 1 amide bonds. The van der Waals surface area contributed by atoms with Crippen molar-refractivity contribution in [3.05, 3.63) is 23.8 Å². The minimum absolute atomic E-state index is 0.00569. The summed E-state index contributed by atoms with van der Waals surface area (Å²) in [6.07, 6.45) is -2.94. The molecule has 4 nitrogen and oxygen atoms in total. The van der Waals surface area contributed by atoms with Crippen molar-refractivity contribution in [2.45, 2.75) is 25.1 Å². The number of hydrogen-bond acceptors (Lipinski definition) is 3. The molecule has 1 fully saturated rings. The van der Waals surface area contributed by atoms with Crippen molar-refractivity contribution in [2.24, 2.45) is 5.73 Å². The molecule has 1 aromatic carbocycles. The summed E-state index contributed by atoms with van der Waals surface area (Å²) >= 11 is 0. The first-order valence-electron chi connectivity index (χ1n) is 5.81. The number of alkyl halides is 3. The molecule has 1 saturated carbocycles. The average Bonchev–Trinajstić information content (AvgIpc) is 3.08. The Balaban J connectivity index is 2.37. The minimum atomic E-state index is -4.32. The number of halogens is 3. The van der Waals surface area contributed by atoms with Crippen molar-refractivity contribution >= 4 is 17.3 Å². The summed E-state index contributed by atoms with van der Waals surface area (Å²) in [5.74, 6) is -0.748. The van der Waals surface area contributed by atoms with Gasteiger partial charge in [0.05, 0.1) is 16.9 Å². The predicted molar refractivity (Wildman–Crippen MR) is 65.8 cm³/mol. The Bertz CT molecular complexity index is 497. The monoisotopic (exact) mass is 273 g/mol. The summed E-state index contributed by atoms with van der Waals surface area (Å²) in [4.78, 5) is 12.4. The molecule has 104 valence electrons. The Hall–Kier alpha value is -1.92. The van der Waals surface area contributed by atoms with E-state index in [2.05, 4.69) is 0 Å². The van der Waals surface area contributed by atoms with E-state index in [-0.39, 0.29) is 23.0 Å². The second-order valence-electron chi connectivity index (χ2n) is 4.58. The highest BCUT2D eigenvalue weighted by Gasteiger charge is 2.39. The third-order valence-electron chi connectivity index (χ3n) is 3.00. The van der Waals surface area contributed by atoms with Gasteiger partial charge >= 0.3 is 6.18 Å². The lowest BCUT2D eigenvalue weighted by Crippen LogP contribution is -2.36. The number of rotatable bonds is 4. The van der Waals surface area contributed by atoms with Crippen LogP contribution in [0.1, 0.15) is 23.2 Å². The maximum Gasteiger partial charge on any atom is 0.405 e. The standard InChI is InChI=1S/C12H14F3N3O/c13-12(14,15)6-18(7-4-5-7)9-3-1-2-8(10(9)16)11(17)19/h1-3,7H,4-6,16H2,(H2,17,19). The molecule has 1 aromatic rings. The largest absolute Gasteiger partial charge is 0.405 e. The van der Waals surface area contributed by atoms with Gasteiger partial charge in [-0.05, 0) is 25.0 Å². The SMILES string of the molecule is NC(=O)c1cccc(N(CC(F)(F)F)C2CC2)c1N. The van der Waals surface area contributed by atoms with Crippen molar-refractivity contribution in [2.75, 3.05) is 17.2 Å². The van der Waals surface area contributed by atoms with Crippen LogP contribution < -0.4 is 16.4 Å². The van der Waals surface area contributed by atoms with Crippen molar-refractivity contribution < 1.29 is 18.0 Å². The van der Waals surface area contributed by atoms with Crippen molar-refractivity contribution in [1.82, 2.24) is 0 Å². The lowest BCUT2D eigenvalue weighted by atomic mass is 10.1. The number of nitrogens with zero attached hydrogens (tertiary/aromatic N) is 1. The first-order valence-corrected chi connectivity index (χ1v) is 5.81. The second kappa shape index (κ2) is 4.64. The highest BCUT2D eigenvalue weighted by atomic mass is 19.4. The van der Waals surface area contributed by atoms with E-state index >= 15 is 0 Å². The Morgan fingerprint density at radius 1 is 1.37 bits per heavy atom. The van der Waals surface area contributed by atoms with Gasteiger partial charge in [0.25, 0.3) is 5.91 Å². The molecule has 7 heteroatoms. The summed E-state index contributed by atoms with van der Waals surface area (Å²) in [6, 6.07) is 4.19. The summed E-state index contributed by atoms with van der Waals surface area (Å²) in [6.45, 7) is -1.08. The van der Waals surface area contributed by atoms with Crippen LogP contribution in [0.15, 0.2) is 18.2 Å². The van der Waals surface area contributed by atoms with Crippen LogP contribution >= 0.6 is 0 Å². The fourth-order valence-corrected chi connectivity index (χ4v) is 2.01. The van der Waals surface area contributed by atoms with Crippen LogP contribution in [0.2, 0.25) is 0 Å². The molecule has 0 saturated heterocycles. The Labute approximate surface area is 108 Å². The van der Waals surface area contributed by atoms with Crippen LogP contribution in [0.3, 0.4) is 0 Å². The molecular formula is C12H14F3N3O. The third kappa shape index (κ3) is 3.10. The molecule has 0 atom stereocenters. The summed E-state index contributed by atoms with van der Waals surface area (Å²) in [5, 5.41) is 0. The van der Waals surface area contributed by atoms with Gasteiger partial charge in [-0.3, -0.25) is 4.79 Å². The average molecular weight is 273 g/mol. The quantitative estimate of drug-likeness (QED) is 0.823. The summed E-state index contributed by atoms with van der Waals surface area (Å²) < 4.78 is 37.8. The number of anilines is 2. The van der Waals surface area contributed by atoms with E-state index in [1.807, 2.05) is 0 Å². The molecule has 0 aliphatic heterocycles. The summed E-state index contributed by atoms with van der Waals surface area (Å²) in [7, 11) is 0. The van der Waals surface area contributed by atoms with Crippen molar-refractivity contribution in [3.63, 3.8) is 0 Å². The van der Waals surface area contributed by atoms with Gasteiger partial charge < -0.3 is 16.4 Å². The van der Waals surface area contributed by atoms with Gasteiger partial charge in [-0.15, -0.1) is 0 Å². The number of hydrogen-bond donors (Lipinski definition) is 2. The fourth-order valence-electron chi connectivity index (χ4n) is 2.01. The predicted octanol–water partition coefficient (Wildman–Crippen LogP) is 1.90. The third-order valence-corrected chi connectivity index (χ3v) is 3.00. The number of para-hydroxylation sites is 1. The van der Waals surface area contributed by atoms with E-state index in [0.717, 1.165) is 0 Å². The first-order chi connectivity index (χ1) is 8.79. The van der Waals surface area contributed by atoms with E-state index in [1.165, 1.54) is 23.1 Å². The van der Waals surface area contributed by atoms with E-state index in [1.54, 1.807) is 0 Å². The second-order valence-corrected chi connectivity index (χ2v) is 4.58. The molecule has 0 radical (unpaired) electrons. The van der Waals surface area contributed by atoms with E-state index in [0.29, 0.717) is 12.8 Å². The number of nitrogen functional groups attached to an aromatic ring is 1. The topological polar surface area (TPSA) is 72.4 Å². The van der Waals surface area contributed by atoms with Gasteiger partial charge in [-0.1, -0.05) is 6.07 Å². The molecule has 4 N–H and O–H groups in total. The van der Waals surface area contributed by atoms with Gasteiger partial charge in [-0.25, -0.2) is 0 Å². The van der Waals surface area contributed by atoms with Crippen molar-refractivity contribution in [1.29, 1.82) is 0 Å². The number of amides is 1. The maximum absolute atomic E-state index is 12.6. The van der Waals surface area contributed by atoms with Gasteiger partial charge in [-0.2, -0.15) is 13.2 Å². The molecular weight excluding hydrogens is 259 g/mol. The zero-order valence-corrected chi connectivity index (χ0v) is 10.1. The number of carbonyl (C=O) groups is 1. The molecule has 1 aliphatic rings. The zero-order chi connectivity index (χ0) is 14.2. The van der Waals surface area contributed by atoms with Gasteiger partial charge in [0.15, 0.2) is 0 Å². The minimum Gasteiger partial charge on any atom is -0.396 e. The van der Waals surface area contributed by atoms with Crippen LogP contribution in [0.4, 0.5) is 24.5 Å². The highest BCUT2D eigenvalue weighted by molar-refractivity contribution is 6.01. The van der Waals surface area contributed by atoms with Crippen LogP contribution in [-0.4, -0.2) is 24.7 Å². The van der Waals surface area contributed by atoms with Crippen LogP contribution in [0, 0.1) is 0 Å². The number of benzene rings is 1. The summed E-state index contributed by atoms with van der Waals surface area (Å²) in [5.41, 5.74) is 11.2. The fraction of sp³-hybridized carbons (Fsp3) is 0.417. The van der Waals surface area contributed by atoms with E-state index < -0.39 is 18.6 Å². The molecule has 0 spiro atoms. The molecule has 0 unspecified atom stereocenters. The van der Waals surface area contributed by atoms with Crippen LogP contribution in [0.25, 0.3) is 0 Å². The smallest absolute Gasteiger partial charge is 0.396 e. The number of nitrogens with two attached hydrogens (primary N) is 2. The molecule has 19 heavy (non-hydrogen) atoms. The van der Waals surface area contributed by atoms with E-state index in [9.17, 15) is 18.0 Å². The maximum atomic E-state index is 12.6. The molecule has 0 aromatic heterocycles. The van der Waals surface area contributed by atoms with Gasteiger partial charge in [0.2, 0.25) is 0 Å². The van der Waals surface area contributed by atoms with Crippen LogP contribution in [-0.2, 0) is 0 Å². The van der Waals surface area contributed by atoms with Crippen LogP contribution in [0.5, 0.6) is 0 Å². The molecule has 1 aliphatic carbocycles. The Morgan fingerprint density at radius 3 is 2.47 bits per heavy atom. The number of carbonyl (C=O) groups excluding carboxylic acids is 1. The Kier molecular flexibility index (Phi) is 3.30. The van der Waals surface area contributed by atoms with E-state index in [4.69, 9.17) is 11.5 Å². The zero-order valence-electron chi connectivity index (χ0n) is 10.1. The Morgan fingerprint density at radius 2 is 2.00 bits per heavy atom. The molecule has 0 bridgehead atoms. The lowest BCUT2D eigenvalue weighted by Gasteiger charge is -2.27. The van der Waals surface area contributed by atoms with Gasteiger partial charge in [0.1, 0.15) is 6.54 Å². The highest BCUT2D eigenvalue weighted by Crippen LogP contribution is 2.38.